The zero-order valence-corrected chi connectivity index (χ0v) is 10.1. The van der Waals surface area contributed by atoms with Crippen molar-refractivity contribution >= 4 is 5.91 Å². The highest BCUT2D eigenvalue weighted by Gasteiger charge is 2.16. The van der Waals surface area contributed by atoms with Gasteiger partial charge in [0.2, 0.25) is 5.91 Å². The molecule has 0 heterocycles. The van der Waals surface area contributed by atoms with Gasteiger partial charge in [-0.15, -0.1) is 0 Å². The van der Waals surface area contributed by atoms with Gasteiger partial charge in [0.05, 0.1) is 12.5 Å². The van der Waals surface area contributed by atoms with E-state index in [1.54, 1.807) is 7.11 Å². The van der Waals surface area contributed by atoms with Crippen molar-refractivity contribution in [3.63, 3.8) is 0 Å². The number of carbonyl (C=O) groups excluding carboxylic acids is 1. The van der Waals surface area contributed by atoms with Crippen molar-refractivity contribution < 1.29 is 9.53 Å². The number of benzene rings is 1. The van der Waals surface area contributed by atoms with Crippen molar-refractivity contribution in [1.29, 1.82) is 0 Å². The monoisotopic (exact) mass is 221 g/mol. The Hall–Kier alpha value is -1.35. The minimum absolute atomic E-state index is 0.0377. The summed E-state index contributed by atoms with van der Waals surface area (Å²) in [7, 11) is 1.63. The molecule has 2 unspecified atom stereocenters. The number of amides is 1. The third-order valence-electron chi connectivity index (χ3n) is 2.50. The number of hydrogen-bond donors (Lipinski definition) is 1. The normalized spacial score (nSPS) is 14.2. The smallest absolute Gasteiger partial charge is 0.227 e. The van der Waals surface area contributed by atoms with E-state index in [4.69, 9.17) is 4.74 Å². The summed E-state index contributed by atoms with van der Waals surface area (Å²) in [5, 5.41) is 2.92. The van der Waals surface area contributed by atoms with E-state index < -0.39 is 0 Å². The van der Waals surface area contributed by atoms with Gasteiger partial charge in [-0.3, -0.25) is 4.79 Å². The minimum Gasteiger partial charge on any atom is -0.383 e. The number of rotatable bonds is 5. The minimum atomic E-state index is -0.125. The van der Waals surface area contributed by atoms with Crippen LogP contribution in [0, 0.1) is 0 Å². The third-order valence-corrected chi connectivity index (χ3v) is 2.50. The van der Waals surface area contributed by atoms with Crippen molar-refractivity contribution in [2.24, 2.45) is 0 Å². The van der Waals surface area contributed by atoms with Gasteiger partial charge in [0.1, 0.15) is 0 Å². The predicted molar refractivity (Wildman–Crippen MR) is 64.3 cm³/mol. The number of hydrogen-bond acceptors (Lipinski definition) is 2. The second kappa shape index (κ2) is 6.28. The summed E-state index contributed by atoms with van der Waals surface area (Å²) in [5.74, 6) is -0.0868. The van der Waals surface area contributed by atoms with Gasteiger partial charge in [0.15, 0.2) is 0 Å². The van der Waals surface area contributed by atoms with E-state index in [9.17, 15) is 4.79 Å². The molecule has 0 aliphatic carbocycles. The molecule has 2 atom stereocenters. The van der Waals surface area contributed by atoms with Gasteiger partial charge in [0.25, 0.3) is 0 Å². The number of ether oxygens (including phenoxy) is 1. The summed E-state index contributed by atoms with van der Waals surface area (Å²) in [4.78, 5) is 11.9. The van der Waals surface area contributed by atoms with Crippen LogP contribution in [0.3, 0.4) is 0 Å². The van der Waals surface area contributed by atoms with E-state index in [1.165, 1.54) is 0 Å². The first-order valence-corrected chi connectivity index (χ1v) is 5.49. The summed E-state index contributed by atoms with van der Waals surface area (Å²) in [6.45, 7) is 4.37. The highest BCUT2D eigenvalue weighted by Crippen LogP contribution is 2.14. The van der Waals surface area contributed by atoms with E-state index in [-0.39, 0.29) is 17.9 Å². The van der Waals surface area contributed by atoms with E-state index >= 15 is 0 Å². The molecule has 0 radical (unpaired) electrons. The molecule has 0 aromatic heterocycles. The Balaban J connectivity index is 2.55. The van der Waals surface area contributed by atoms with Crippen LogP contribution in [0.5, 0.6) is 0 Å². The van der Waals surface area contributed by atoms with Crippen molar-refractivity contribution in [2.45, 2.75) is 25.8 Å². The molecule has 1 rings (SSSR count). The highest BCUT2D eigenvalue weighted by atomic mass is 16.5. The Morgan fingerprint density at radius 2 is 1.94 bits per heavy atom. The Bertz CT molecular complexity index is 324. The Morgan fingerprint density at radius 3 is 2.50 bits per heavy atom. The first-order valence-electron chi connectivity index (χ1n) is 5.49. The zero-order valence-electron chi connectivity index (χ0n) is 10.1. The van der Waals surface area contributed by atoms with Gasteiger partial charge in [-0.25, -0.2) is 0 Å². The maximum Gasteiger partial charge on any atom is 0.227 e. The van der Waals surface area contributed by atoms with Crippen LogP contribution in [0.2, 0.25) is 0 Å². The molecule has 16 heavy (non-hydrogen) atoms. The van der Waals surface area contributed by atoms with Gasteiger partial charge in [-0.1, -0.05) is 30.3 Å². The maximum absolute atomic E-state index is 11.9. The fourth-order valence-corrected chi connectivity index (χ4v) is 1.55. The fraction of sp³-hybridized carbons (Fsp3) is 0.462. The molecule has 0 spiro atoms. The summed E-state index contributed by atoms with van der Waals surface area (Å²) in [5.41, 5.74) is 1.03. The average molecular weight is 221 g/mol. The Morgan fingerprint density at radius 1 is 1.31 bits per heavy atom. The SMILES string of the molecule is COCC(C)NC(=O)C(C)c1ccccc1. The molecule has 3 heteroatoms. The average Bonchev–Trinajstić information content (AvgIpc) is 2.29. The van der Waals surface area contributed by atoms with Crippen LogP contribution < -0.4 is 5.32 Å². The van der Waals surface area contributed by atoms with Gasteiger partial charge < -0.3 is 10.1 Å². The van der Waals surface area contributed by atoms with E-state index in [0.717, 1.165) is 5.56 Å². The van der Waals surface area contributed by atoms with Crippen LogP contribution >= 0.6 is 0 Å². The van der Waals surface area contributed by atoms with E-state index in [2.05, 4.69) is 5.32 Å². The lowest BCUT2D eigenvalue weighted by Gasteiger charge is -2.17. The molecule has 1 amide bonds. The van der Waals surface area contributed by atoms with Gasteiger partial charge in [0, 0.05) is 13.2 Å². The number of methoxy groups -OCH3 is 1. The quantitative estimate of drug-likeness (QED) is 0.825. The molecule has 0 bridgehead atoms. The summed E-state index contributed by atoms with van der Waals surface area (Å²) in [6.07, 6.45) is 0. The molecule has 0 aliphatic heterocycles. The first kappa shape index (κ1) is 12.7. The van der Waals surface area contributed by atoms with Gasteiger partial charge >= 0.3 is 0 Å². The molecule has 1 aromatic rings. The lowest BCUT2D eigenvalue weighted by molar-refractivity contribution is -0.123. The number of nitrogens with one attached hydrogen (secondary N) is 1. The second-order valence-corrected chi connectivity index (χ2v) is 4.00. The van der Waals surface area contributed by atoms with Crippen molar-refractivity contribution in [2.75, 3.05) is 13.7 Å². The Labute approximate surface area is 96.8 Å². The molecule has 0 fully saturated rings. The van der Waals surface area contributed by atoms with Gasteiger partial charge in [-0.05, 0) is 19.4 Å². The maximum atomic E-state index is 11.9. The van der Waals surface area contributed by atoms with Crippen LogP contribution in [0.25, 0.3) is 0 Å². The molecule has 0 saturated carbocycles. The van der Waals surface area contributed by atoms with Crippen LogP contribution in [-0.4, -0.2) is 25.7 Å². The molecule has 0 saturated heterocycles. The van der Waals surface area contributed by atoms with Crippen LogP contribution in [0.4, 0.5) is 0 Å². The molecular weight excluding hydrogens is 202 g/mol. The summed E-state index contributed by atoms with van der Waals surface area (Å²) in [6, 6.07) is 9.80. The lowest BCUT2D eigenvalue weighted by atomic mass is 10.0. The highest BCUT2D eigenvalue weighted by molar-refractivity contribution is 5.83. The lowest BCUT2D eigenvalue weighted by Crippen LogP contribution is -2.38. The Kier molecular flexibility index (Phi) is 4.99. The second-order valence-electron chi connectivity index (χ2n) is 4.00. The zero-order chi connectivity index (χ0) is 12.0. The first-order chi connectivity index (χ1) is 7.65. The third kappa shape index (κ3) is 3.66. The van der Waals surface area contributed by atoms with Crippen LogP contribution in [0.15, 0.2) is 30.3 Å². The van der Waals surface area contributed by atoms with Gasteiger partial charge in [-0.2, -0.15) is 0 Å². The molecule has 0 aliphatic rings. The molecule has 1 aromatic carbocycles. The van der Waals surface area contributed by atoms with Crippen molar-refractivity contribution in [3.05, 3.63) is 35.9 Å². The van der Waals surface area contributed by atoms with Crippen LogP contribution in [0.1, 0.15) is 25.3 Å². The molecule has 88 valence electrons. The topological polar surface area (TPSA) is 38.3 Å². The molecular formula is C13H19NO2. The molecule has 1 N–H and O–H groups in total. The van der Waals surface area contributed by atoms with E-state index in [0.29, 0.717) is 6.61 Å². The summed E-state index contributed by atoms with van der Waals surface area (Å²) >= 11 is 0. The van der Waals surface area contributed by atoms with Crippen molar-refractivity contribution in [3.8, 4) is 0 Å². The summed E-state index contributed by atoms with van der Waals surface area (Å²) < 4.78 is 4.98. The van der Waals surface area contributed by atoms with E-state index in [1.807, 2.05) is 44.2 Å². The fourth-order valence-electron chi connectivity index (χ4n) is 1.55. The predicted octanol–water partition coefficient (Wildman–Crippen LogP) is 1.94. The largest absolute Gasteiger partial charge is 0.383 e. The number of carbonyl (C=O) groups is 1. The molecule has 3 nitrogen and oxygen atoms in total. The standard InChI is InChI=1S/C13H19NO2/c1-10(9-16-3)14-13(15)11(2)12-7-5-4-6-8-12/h4-8,10-11H,9H2,1-3H3,(H,14,15). The van der Waals surface area contributed by atoms with Crippen LogP contribution in [-0.2, 0) is 9.53 Å². The van der Waals surface area contributed by atoms with Crippen molar-refractivity contribution in [1.82, 2.24) is 5.32 Å².